The number of nitrogen functional groups attached to an aromatic ring is 1. The number of carbonyl (C=O) groups is 1. The average molecular weight is 565 g/mol. The standard InChI is InChI=1S/C25H37N6O7P/c1-7-18(37-17(5)31-15-27-21-22(31)28-25(26)29-23(21)34-6)14-35-39(33,38-19-12-10-9-11-13-19)30-20(8-2)24(32)36-16(3)4/h9-13,15-18,20H,7-8,14H2,1-6H3,(H,30,33)(H2,26,28,29). The Hall–Kier alpha value is -3.25. The molecule has 0 amide bonds. The van der Waals surface area contributed by atoms with Gasteiger partial charge in [-0.1, -0.05) is 32.0 Å². The maximum Gasteiger partial charge on any atom is 0.459 e. The van der Waals surface area contributed by atoms with Crippen LogP contribution in [-0.2, 0) is 23.4 Å². The molecule has 13 nitrogen and oxygen atoms in total. The predicted octanol–water partition coefficient (Wildman–Crippen LogP) is 4.25. The van der Waals surface area contributed by atoms with Crippen LogP contribution in [0.15, 0.2) is 36.7 Å². The maximum absolute atomic E-state index is 13.9. The van der Waals surface area contributed by atoms with Gasteiger partial charge in [-0.05, 0) is 45.7 Å². The fourth-order valence-electron chi connectivity index (χ4n) is 3.62. The fraction of sp³-hybridized carbons (Fsp3) is 0.520. The lowest BCUT2D eigenvalue weighted by Gasteiger charge is -2.27. The van der Waals surface area contributed by atoms with Crippen LogP contribution in [0.1, 0.15) is 53.7 Å². The van der Waals surface area contributed by atoms with Crippen molar-refractivity contribution in [3.8, 4) is 11.6 Å². The summed E-state index contributed by atoms with van der Waals surface area (Å²) in [6, 6.07) is 7.67. The Morgan fingerprint density at radius 1 is 1.13 bits per heavy atom. The first kappa shape index (κ1) is 30.3. The van der Waals surface area contributed by atoms with E-state index in [9.17, 15) is 9.36 Å². The number of nitrogens with zero attached hydrogens (tertiary/aromatic N) is 4. The molecule has 3 aromatic rings. The van der Waals surface area contributed by atoms with Gasteiger partial charge in [0.25, 0.3) is 0 Å². The van der Waals surface area contributed by atoms with Crippen molar-refractivity contribution in [2.75, 3.05) is 19.5 Å². The van der Waals surface area contributed by atoms with Crippen LogP contribution < -0.4 is 20.1 Å². The second kappa shape index (κ2) is 13.7. The molecule has 0 radical (unpaired) electrons. The first-order valence-electron chi connectivity index (χ1n) is 12.8. The molecule has 0 saturated carbocycles. The highest BCUT2D eigenvalue weighted by molar-refractivity contribution is 7.52. The first-order chi connectivity index (χ1) is 18.6. The number of esters is 1. The molecule has 3 rings (SSSR count). The van der Waals surface area contributed by atoms with Crippen LogP contribution in [0.2, 0.25) is 0 Å². The average Bonchev–Trinajstić information content (AvgIpc) is 3.33. The third-order valence-electron chi connectivity index (χ3n) is 5.59. The number of anilines is 1. The molecule has 0 bridgehead atoms. The van der Waals surface area contributed by atoms with Crippen molar-refractivity contribution in [1.29, 1.82) is 0 Å². The molecule has 4 unspecified atom stereocenters. The molecular formula is C25H37N6O7P. The molecule has 0 aliphatic carbocycles. The number of carbonyl (C=O) groups excluding carboxylic acids is 1. The number of hydrogen-bond acceptors (Lipinski definition) is 11. The molecule has 0 aliphatic rings. The highest BCUT2D eigenvalue weighted by Crippen LogP contribution is 2.45. The third-order valence-corrected chi connectivity index (χ3v) is 7.16. The summed E-state index contributed by atoms with van der Waals surface area (Å²) in [5.74, 6) is 0.0630. The van der Waals surface area contributed by atoms with E-state index in [2.05, 4.69) is 20.0 Å². The number of imidazole rings is 1. The zero-order valence-corrected chi connectivity index (χ0v) is 24.0. The molecule has 3 N–H and O–H groups in total. The van der Waals surface area contributed by atoms with Crippen LogP contribution in [0.25, 0.3) is 11.2 Å². The quantitative estimate of drug-likeness (QED) is 0.200. The van der Waals surface area contributed by atoms with Gasteiger partial charge in [0.15, 0.2) is 11.2 Å². The van der Waals surface area contributed by atoms with Gasteiger partial charge < -0.3 is 24.5 Å². The molecule has 2 aromatic heterocycles. The van der Waals surface area contributed by atoms with E-state index >= 15 is 0 Å². The number of para-hydroxylation sites is 1. The summed E-state index contributed by atoms with van der Waals surface area (Å²) in [6.45, 7) is 8.87. The molecule has 1 aromatic carbocycles. The van der Waals surface area contributed by atoms with Crippen LogP contribution >= 0.6 is 7.75 Å². The van der Waals surface area contributed by atoms with Gasteiger partial charge in [-0.2, -0.15) is 15.1 Å². The normalized spacial score (nSPS) is 15.5. The topological polar surface area (TPSA) is 162 Å². The lowest BCUT2D eigenvalue weighted by Crippen LogP contribution is -2.38. The molecule has 39 heavy (non-hydrogen) atoms. The number of fused-ring (bicyclic) bond motifs is 1. The van der Waals surface area contributed by atoms with Crippen molar-refractivity contribution in [2.24, 2.45) is 0 Å². The Morgan fingerprint density at radius 2 is 1.85 bits per heavy atom. The van der Waals surface area contributed by atoms with Gasteiger partial charge in [-0.15, -0.1) is 0 Å². The van der Waals surface area contributed by atoms with E-state index in [1.807, 2.05) is 13.8 Å². The van der Waals surface area contributed by atoms with Crippen LogP contribution in [0.4, 0.5) is 5.95 Å². The maximum atomic E-state index is 13.9. The minimum atomic E-state index is -4.04. The van der Waals surface area contributed by atoms with Crippen molar-refractivity contribution in [2.45, 2.75) is 71.9 Å². The smallest absolute Gasteiger partial charge is 0.459 e. The first-order valence-corrected chi connectivity index (χ1v) is 14.3. The monoisotopic (exact) mass is 564 g/mol. The Labute approximate surface area is 227 Å². The summed E-state index contributed by atoms with van der Waals surface area (Å²) < 4.78 is 43.9. The number of methoxy groups -OCH3 is 1. The number of aromatic nitrogens is 4. The van der Waals surface area contributed by atoms with E-state index in [0.717, 1.165) is 0 Å². The number of hydrogen-bond donors (Lipinski definition) is 2. The van der Waals surface area contributed by atoms with Crippen LogP contribution in [0.3, 0.4) is 0 Å². The van der Waals surface area contributed by atoms with Crippen molar-refractivity contribution in [1.82, 2.24) is 24.6 Å². The second-order valence-electron chi connectivity index (χ2n) is 8.95. The predicted molar refractivity (Wildman–Crippen MR) is 145 cm³/mol. The molecule has 14 heteroatoms. The lowest BCUT2D eigenvalue weighted by molar-refractivity contribution is -0.149. The highest BCUT2D eigenvalue weighted by Gasteiger charge is 2.35. The summed E-state index contributed by atoms with van der Waals surface area (Å²) in [4.78, 5) is 25.2. The van der Waals surface area contributed by atoms with Crippen molar-refractivity contribution >= 4 is 30.8 Å². The van der Waals surface area contributed by atoms with E-state index in [4.69, 9.17) is 29.0 Å². The zero-order valence-electron chi connectivity index (χ0n) is 23.1. The van der Waals surface area contributed by atoms with E-state index in [0.29, 0.717) is 29.8 Å². The van der Waals surface area contributed by atoms with E-state index in [-0.39, 0.29) is 24.5 Å². The minimum absolute atomic E-state index is 0.0372. The van der Waals surface area contributed by atoms with Crippen molar-refractivity contribution in [3.63, 3.8) is 0 Å². The zero-order chi connectivity index (χ0) is 28.6. The van der Waals surface area contributed by atoms with Gasteiger partial charge in [0.2, 0.25) is 11.8 Å². The van der Waals surface area contributed by atoms with Crippen molar-refractivity contribution < 1.29 is 32.6 Å². The summed E-state index contributed by atoms with van der Waals surface area (Å²) >= 11 is 0. The molecule has 0 aliphatic heterocycles. The van der Waals surface area contributed by atoms with E-state index in [1.165, 1.54) is 7.11 Å². The minimum Gasteiger partial charge on any atom is -0.479 e. The summed E-state index contributed by atoms with van der Waals surface area (Å²) in [6.07, 6.45) is 1.00. The van der Waals surface area contributed by atoms with Crippen LogP contribution in [-0.4, -0.2) is 57.5 Å². The summed E-state index contributed by atoms with van der Waals surface area (Å²) in [5, 5.41) is 2.76. The molecule has 214 valence electrons. The summed E-state index contributed by atoms with van der Waals surface area (Å²) in [5.41, 5.74) is 6.71. The number of benzene rings is 1. The van der Waals surface area contributed by atoms with Gasteiger partial charge in [-0.3, -0.25) is 13.9 Å². The third kappa shape index (κ3) is 8.12. The Balaban J connectivity index is 1.77. The Bertz CT molecular complexity index is 1270. The molecule has 0 fully saturated rings. The molecule has 0 saturated heterocycles. The largest absolute Gasteiger partial charge is 0.479 e. The fourth-order valence-corrected chi connectivity index (χ4v) is 5.23. The van der Waals surface area contributed by atoms with Gasteiger partial charge in [-0.25, -0.2) is 9.55 Å². The van der Waals surface area contributed by atoms with Gasteiger partial charge in [0.05, 0.1) is 32.3 Å². The number of nitrogens with two attached hydrogens (primary N) is 1. The number of nitrogens with one attached hydrogen (secondary N) is 1. The molecular weight excluding hydrogens is 527 g/mol. The number of ether oxygens (including phenoxy) is 3. The number of rotatable bonds is 15. The van der Waals surface area contributed by atoms with Crippen LogP contribution in [0, 0.1) is 0 Å². The second-order valence-corrected chi connectivity index (χ2v) is 10.6. The molecule has 4 atom stereocenters. The van der Waals surface area contributed by atoms with Crippen molar-refractivity contribution in [3.05, 3.63) is 36.7 Å². The Kier molecular flexibility index (Phi) is 10.6. The highest BCUT2D eigenvalue weighted by atomic mass is 31.2. The molecule has 0 spiro atoms. The van der Waals surface area contributed by atoms with Gasteiger partial charge in [0.1, 0.15) is 18.0 Å². The van der Waals surface area contributed by atoms with E-state index < -0.39 is 32.1 Å². The van der Waals surface area contributed by atoms with E-state index in [1.54, 1.807) is 62.0 Å². The van der Waals surface area contributed by atoms with Gasteiger partial charge >= 0.3 is 13.7 Å². The summed E-state index contributed by atoms with van der Waals surface area (Å²) in [7, 11) is -2.57. The molecule has 2 heterocycles. The Morgan fingerprint density at radius 3 is 2.46 bits per heavy atom. The van der Waals surface area contributed by atoms with Gasteiger partial charge in [0, 0.05) is 0 Å². The lowest BCUT2D eigenvalue weighted by atomic mass is 10.2. The SMILES string of the molecule is CCC(COP(=O)(NC(CC)C(=O)OC(C)C)Oc1ccccc1)OC(C)n1cnc2c(OC)nc(N)nc21. The van der Waals surface area contributed by atoms with Crippen LogP contribution in [0.5, 0.6) is 11.6 Å².